The van der Waals surface area contributed by atoms with E-state index < -0.39 is 6.04 Å². The maximum absolute atomic E-state index is 12.4. The second kappa shape index (κ2) is 8.29. The van der Waals surface area contributed by atoms with E-state index in [0.29, 0.717) is 12.5 Å². The van der Waals surface area contributed by atoms with Crippen LogP contribution in [0.5, 0.6) is 0 Å². The Hall–Kier alpha value is -1.63. The number of rotatable bonds is 7. The highest BCUT2D eigenvalue weighted by molar-refractivity contribution is 6.05. The Balaban J connectivity index is 1.79. The summed E-state index contributed by atoms with van der Waals surface area (Å²) in [4.78, 5) is 39.3. The molecular formula is C16H27N3O4. The Kier molecular flexibility index (Phi) is 6.38. The number of ether oxygens (including phenoxy) is 1. The summed E-state index contributed by atoms with van der Waals surface area (Å²) in [5, 5.41) is 2.62. The van der Waals surface area contributed by atoms with Crippen LogP contribution in [0, 0.1) is 5.92 Å². The summed E-state index contributed by atoms with van der Waals surface area (Å²) in [6.45, 7) is 4.52. The lowest BCUT2D eigenvalue weighted by atomic mass is 9.93. The van der Waals surface area contributed by atoms with Crippen molar-refractivity contribution in [2.75, 3.05) is 33.4 Å². The number of nitrogens with one attached hydrogen (secondary N) is 1. The van der Waals surface area contributed by atoms with Gasteiger partial charge in [0.1, 0.15) is 6.04 Å². The van der Waals surface area contributed by atoms with Gasteiger partial charge in [0.25, 0.3) is 5.91 Å². The van der Waals surface area contributed by atoms with Gasteiger partial charge in [-0.1, -0.05) is 6.92 Å². The fourth-order valence-electron chi connectivity index (χ4n) is 3.21. The van der Waals surface area contributed by atoms with Crippen molar-refractivity contribution in [2.24, 2.45) is 5.92 Å². The van der Waals surface area contributed by atoms with Gasteiger partial charge in [0.2, 0.25) is 5.91 Å². The molecule has 0 aromatic heterocycles. The first-order valence-electron chi connectivity index (χ1n) is 8.45. The number of piperidine rings is 1. The van der Waals surface area contributed by atoms with E-state index in [4.69, 9.17) is 4.74 Å². The molecule has 2 saturated heterocycles. The number of amides is 4. The van der Waals surface area contributed by atoms with Crippen molar-refractivity contribution in [1.82, 2.24) is 15.1 Å². The van der Waals surface area contributed by atoms with E-state index in [9.17, 15) is 14.4 Å². The summed E-state index contributed by atoms with van der Waals surface area (Å²) < 4.78 is 5.10. The van der Waals surface area contributed by atoms with Crippen LogP contribution >= 0.6 is 0 Å². The Labute approximate surface area is 137 Å². The van der Waals surface area contributed by atoms with E-state index in [1.54, 1.807) is 7.11 Å². The fraction of sp³-hybridized carbons (Fsp3) is 0.812. The molecule has 0 radical (unpaired) electrons. The van der Waals surface area contributed by atoms with E-state index in [-0.39, 0.29) is 24.3 Å². The summed E-state index contributed by atoms with van der Waals surface area (Å²) in [7, 11) is 1.70. The molecule has 1 atom stereocenters. The molecule has 7 heteroatoms. The van der Waals surface area contributed by atoms with E-state index in [2.05, 4.69) is 5.32 Å². The van der Waals surface area contributed by atoms with Crippen molar-refractivity contribution in [2.45, 2.75) is 45.1 Å². The summed E-state index contributed by atoms with van der Waals surface area (Å²) in [5.41, 5.74) is 0. The SMILES string of the molecule is CCCN1C(=O)N[C@@H](CC(=O)N2CCC(CCOC)CC2)C1=O. The van der Waals surface area contributed by atoms with Crippen LogP contribution in [0.25, 0.3) is 0 Å². The first-order valence-corrected chi connectivity index (χ1v) is 8.45. The van der Waals surface area contributed by atoms with Crippen molar-refractivity contribution in [3.8, 4) is 0 Å². The highest BCUT2D eigenvalue weighted by atomic mass is 16.5. The molecule has 2 heterocycles. The molecule has 0 spiro atoms. The number of nitrogens with zero attached hydrogens (tertiary/aromatic N) is 2. The van der Waals surface area contributed by atoms with Crippen LogP contribution in [0.15, 0.2) is 0 Å². The van der Waals surface area contributed by atoms with Crippen LogP contribution in [-0.2, 0) is 14.3 Å². The molecule has 0 aliphatic carbocycles. The summed E-state index contributed by atoms with van der Waals surface area (Å²) >= 11 is 0. The summed E-state index contributed by atoms with van der Waals surface area (Å²) in [5.74, 6) is 0.277. The highest BCUT2D eigenvalue weighted by Crippen LogP contribution is 2.21. The standard InChI is InChI=1S/C16H27N3O4/c1-3-7-19-15(21)13(17-16(19)22)11-14(20)18-8-4-12(5-9-18)6-10-23-2/h12-13H,3-11H2,1-2H3,(H,17,22)/t13-/m0/s1. The predicted octanol–water partition coefficient (Wildman–Crippen LogP) is 0.982. The number of likely N-dealkylation sites (tertiary alicyclic amines) is 1. The highest BCUT2D eigenvalue weighted by Gasteiger charge is 2.39. The van der Waals surface area contributed by atoms with E-state index in [1.807, 2.05) is 11.8 Å². The van der Waals surface area contributed by atoms with Gasteiger partial charge in [0.15, 0.2) is 0 Å². The Bertz CT molecular complexity index is 447. The van der Waals surface area contributed by atoms with E-state index in [0.717, 1.165) is 45.4 Å². The third-order valence-electron chi connectivity index (χ3n) is 4.63. The predicted molar refractivity (Wildman–Crippen MR) is 84.7 cm³/mol. The maximum Gasteiger partial charge on any atom is 0.324 e. The Morgan fingerprint density at radius 3 is 2.61 bits per heavy atom. The van der Waals surface area contributed by atoms with Gasteiger partial charge in [-0.05, 0) is 31.6 Å². The number of hydrogen-bond donors (Lipinski definition) is 1. The normalized spacial score (nSPS) is 22.6. The minimum atomic E-state index is -0.701. The van der Waals surface area contributed by atoms with Gasteiger partial charge in [-0.3, -0.25) is 14.5 Å². The van der Waals surface area contributed by atoms with Crippen LogP contribution in [0.3, 0.4) is 0 Å². The largest absolute Gasteiger partial charge is 0.385 e. The van der Waals surface area contributed by atoms with Gasteiger partial charge < -0.3 is 15.0 Å². The molecule has 2 fully saturated rings. The van der Waals surface area contributed by atoms with Gasteiger partial charge in [0.05, 0.1) is 6.42 Å². The molecule has 0 unspecified atom stereocenters. The van der Waals surface area contributed by atoms with E-state index >= 15 is 0 Å². The number of methoxy groups -OCH3 is 1. The van der Waals surface area contributed by atoms with Crippen LogP contribution in [-0.4, -0.2) is 67.0 Å². The number of hydrogen-bond acceptors (Lipinski definition) is 4. The molecule has 0 aromatic rings. The summed E-state index contributed by atoms with van der Waals surface area (Å²) in [6.07, 6.45) is 3.76. The van der Waals surface area contributed by atoms with Crippen LogP contribution in [0.4, 0.5) is 4.79 Å². The van der Waals surface area contributed by atoms with Crippen molar-refractivity contribution in [1.29, 1.82) is 0 Å². The molecule has 2 rings (SSSR count). The molecule has 0 saturated carbocycles. The molecule has 23 heavy (non-hydrogen) atoms. The second-order valence-electron chi connectivity index (χ2n) is 6.30. The first-order chi connectivity index (χ1) is 11.1. The molecule has 4 amide bonds. The van der Waals surface area contributed by atoms with Crippen molar-refractivity contribution in [3.05, 3.63) is 0 Å². The molecule has 2 aliphatic rings. The Morgan fingerprint density at radius 1 is 1.30 bits per heavy atom. The van der Waals surface area contributed by atoms with E-state index in [1.165, 1.54) is 4.90 Å². The molecule has 0 aromatic carbocycles. The molecule has 2 aliphatic heterocycles. The third kappa shape index (κ3) is 4.43. The van der Waals surface area contributed by atoms with Gasteiger partial charge in [-0.15, -0.1) is 0 Å². The zero-order valence-electron chi connectivity index (χ0n) is 14.0. The minimum absolute atomic E-state index is 0.0489. The Morgan fingerprint density at radius 2 is 2.00 bits per heavy atom. The number of carbonyl (C=O) groups is 3. The van der Waals surface area contributed by atoms with Crippen molar-refractivity contribution >= 4 is 17.8 Å². The fourth-order valence-corrected chi connectivity index (χ4v) is 3.21. The summed E-state index contributed by atoms with van der Waals surface area (Å²) in [6, 6.07) is -1.08. The second-order valence-corrected chi connectivity index (χ2v) is 6.30. The van der Waals surface area contributed by atoms with Gasteiger partial charge >= 0.3 is 6.03 Å². The minimum Gasteiger partial charge on any atom is -0.385 e. The average molecular weight is 325 g/mol. The van der Waals surface area contributed by atoms with Crippen molar-refractivity contribution in [3.63, 3.8) is 0 Å². The smallest absolute Gasteiger partial charge is 0.324 e. The van der Waals surface area contributed by atoms with Crippen LogP contribution < -0.4 is 5.32 Å². The molecule has 7 nitrogen and oxygen atoms in total. The maximum atomic E-state index is 12.4. The third-order valence-corrected chi connectivity index (χ3v) is 4.63. The zero-order valence-corrected chi connectivity index (χ0v) is 14.0. The lowest BCUT2D eigenvalue weighted by molar-refractivity contribution is -0.136. The molecule has 1 N–H and O–H groups in total. The topological polar surface area (TPSA) is 79.0 Å². The quantitative estimate of drug-likeness (QED) is 0.708. The lowest BCUT2D eigenvalue weighted by Crippen LogP contribution is -2.42. The van der Waals surface area contributed by atoms with Gasteiger partial charge in [-0.25, -0.2) is 4.79 Å². The molecular weight excluding hydrogens is 298 g/mol. The van der Waals surface area contributed by atoms with Gasteiger partial charge in [0, 0.05) is 33.4 Å². The van der Waals surface area contributed by atoms with Gasteiger partial charge in [-0.2, -0.15) is 0 Å². The van der Waals surface area contributed by atoms with Crippen LogP contribution in [0.2, 0.25) is 0 Å². The number of imide groups is 1. The zero-order chi connectivity index (χ0) is 16.8. The number of carbonyl (C=O) groups excluding carboxylic acids is 3. The molecule has 130 valence electrons. The van der Waals surface area contributed by atoms with Crippen molar-refractivity contribution < 1.29 is 19.1 Å². The molecule has 0 bridgehead atoms. The lowest BCUT2D eigenvalue weighted by Gasteiger charge is -2.32. The monoisotopic (exact) mass is 325 g/mol. The van der Waals surface area contributed by atoms with Crippen LogP contribution in [0.1, 0.15) is 39.0 Å². The average Bonchev–Trinajstić information content (AvgIpc) is 2.81. The first kappa shape index (κ1) is 17.7. The number of urea groups is 1.